The van der Waals surface area contributed by atoms with Crippen LogP contribution in [0.3, 0.4) is 0 Å². The van der Waals surface area contributed by atoms with E-state index in [9.17, 15) is 9.18 Å². The first kappa shape index (κ1) is 21.1. The molecule has 0 saturated carbocycles. The number of carbonyl (C=O) groups is 1. The number of nitrogens with zero attached hydrogens (tertiary/aromatic N) is 2. The SMILES string of the molecule is CCOc1ccc(OCC(=O)N2C[C@@H](C)N(Cc3ccc(F)cc3)C[C@@H]2C)cc1. The third-order valence-electron chi connectivity index (χ3n) is 5.23. The molecule has 1 amide bonds. The quantitative estimate of drug-likeness (QED) is 0.710. The fraction of sp³-hybridized carbons (Fsp3) is 0.435. The molecule has 29 heavy (non-hydrogen) atoms. The van der Waals surface area contributed by atoms with Gasteiger partial charge in [0.1, 0.15) is 17.3 Å². The first-order valence-electron chi connectivity index (χ1n) is 10.1. The number of amides is 1. The number of benzene rings is 2. The van der Waals surface area contributed by atoms with E-state index in [4.69, 9.17) is 9.47 Å². The molecule has 2 aromatic rings. The molecule has 2 atom stereocenters. The van der Waals surface area contributed by atoms with Crippen molar-refractivity contribution in [2.45, 2.75) is 39.4 Å². The minimum Gasteiger partial charge on any atom is -0.494 e. The zero-order valence-corrected chi connectivity index (χ0v) is 17.3. The molecule has 1 saturated heterocycles. The molecule has 5 nitrogen and oxygen atoms in total. The highest BCUT2D eigenvalue weighted by molar-refractivity contribution is 5.78. The summed E-state index contributed by atoms with van der Waals surface area (Å²) in [6.07, 6.45) is 0. The molecular formula is C23H29FN2O3. The van der Waals surface area contributed by atoms with Gasteiger partial charge in [-0.3, -0.25) is 9.69 Å². The molecule has 156 valence electrons. The minimum atomic E-state index is -0.224. The van der Waals surface area contributed by atoms with Crippen molar-refractivity contribution >= 4 is 5.91 Å². The highest BCUT2D eigenvalue weighted by Crippen LogP contribution is 2.20. The zero-order valence-electron chi connectivity index (χ0n) is 17.3. The first-order chi connectivity index (χ1) is 14.0. The monoisotopic (exact) mass is 400 g/mol. The topological polar surface area (TPSA) is 42.0 Å². The second-order valence-electron chi connectivity index (χ2n) is 7.49. The van der Waals surface area contributed by atoms with Crippen LogP contribution in [0.1, 0.15) is 26.3 Å². The van der Waals surface area contributed by atoms with Gasteiger partial charge in [0.2, 0.25) is 0 Å². The number of carbonyl (C=O) groups excluding carboxylic acids is 1. The Hall–Kier alpha value is -2.60. The van der Waals surface area contributed by atoms with Crippen LogP contribution >= 0.6 is 0 Å². The molecule has 2 aromatic carbocycles. The lowest BCUT2D eigenvalue weighted by Gasteiger charge is -2.44. The van der Waals surface area contributed by atoms with Crippen LogP contribution in [0.15, 0.2) is 48.5 Å². The summed E-state index contributed by atoms with van der Waals surface area (Å²) in [5.41, 5.74) is 1.07. The van der Waals surface area contributed by atoms with Crippen molar-refractivity contribution in [3.05, 3.63) is 59.9 Å². The Morgan fingerprint density at radius 3 is 2.21 bits per heavy atom. The Balaban J connectivity index is 1.52. The second-order valence-corrected chi connectivity index (χ2v) is 7.49. The lowest BCUT2D eigenvalue weighted by molar-refractivity contribution is -0.139. The molecule has 0 N–H and O–H groups in total. The van der Waals surface area contributed by atoms with Gasteiger partial charge in [-0.2, -0.15) is 0 Å². The van der Waals surface area contributed by atoms with Gasteiger partial charge in [-0.05, 0) is 62.7 Å². The highest BCUT2D eigenvalue weighted by Gasteiger charge is 2.32. The maximum atomic E-state index is 13.1. The van der Waals surface area contributed by atoms with Crippen LogP contribution in [0.4, 0.5) is 4.39 Å². The third kappa shape index (κ3) is 5.70. The molecule has 0 spiro atoms. The molecule has 0 unspecified atom stereocenters. The van der Waals surface area contributed by atoms with Gasteiger partial charge in [0, 0.05) is 31.7 Å². The van der Waals surface area contributed by atoms with Gasteiger partial charge in [0.15, 0.2) is 6.61 Å². The van der Waals surface area contributed by atoms with E-state index in [0.29, 0.717) is 18.9 Å². The molecule has 6 heteroatoms. The Kier molecular flexibility index (Phi) is 7.09. The Morgan fingerprint density at radius 2 is 1.59 bits per heavy atom. The Labute approximate surface area is 172 Å². The van der Waals surface area contributed by atoms with Crippen LogP contribution in [-0.4, -0.2) is 54.1 Å². The number of ether oxygens (including phenoxy) is 2. The lowest BCUT2D eigenvalue weighted by atomic mass is 10.1. The van der Waals surface area contributed by atoms with Crippen LogP contribution in [0, 0.1) is 5.82 Å². The first-order valence-corrected chi connectivity index (χ1v) is 10.1. The Morgan fingerprint density at radius 1 is 0.966 bits per heavy atom. The van der Waals surface area contributed by atoms with Crippen molar-refractivity contribution in [2.24, 2.45) is 0 Å². The Bertz CT molecular complexity index is 795. The summed E-state index contributed by atoms with van der Waals surface area (Å²) in [6, 6.07) is 14.2. The molecule has 1 aliphatic heterocycles. The van der Waals surface area contributed by atoms with Crippen LogP contribution in [-0.2, 0) is 11.3 Å². The van der Waals surface area contributed by atoms with Gasteiger partial charge < -0.3 is 14.4 Å². The van der Waals surface area contributed by atoms with Gasteiger partial charge in [-0.25, -0.2) is 4.39 Å². The predicted octanol–water partition coefficient (Wildman–Crippen LogP) is 3.72. The maximum absolute atomic E-state index is 13.1. The predicted molar refractivity (Wildman–Crippen MR) is 111 cm³/mol. The average Bonchev–Trinajstić information content (AvgIpc) is 2.71. The molecule has 1 heterocycles. The molecule has 1 aliphatic rings. The van der Waals surface area contributed by atoms with Crippen LogP contribution in [0.5, 0.6) is 11.5 Å². The van der Waals surface area contributed by atoms with E-state index in [1.54, 1.807) is 0 Å². The largest absolute Gasteiger partial charge is 0.494 e. The summed E-state index contributed by atoms with van der Waals surface area (Å²) in [4.78, 5) is 16.9. The fourth-order valence-corrected chi connectivity index (χ4v) is 3.62. The van der Waals surface area contributed by atoms with Gasteiger partial charge in [-0.1, -0.05) is 12.1 Å². The summed E-state index contributed by atoms with van der Waals surface area (Å²) >= 11 is 0. The molecule has 0 aromatic heterocycles. The maximum Gasteiger partial charge on any atom is 0.260 e. The summed E-state index contributed by atoms with van der Waals surface area (Å²) in [5, 5.41) is 0. The fourth-order valence-electron chi connectivity index (χ4n) is 3.62. The number of hydrogen-bond acceptors (Lipinski definition) is 4. The van der Waals surface area contributed by atoms with Crippen molar-refractivity contribution < 1.29 is 18.7 Å². The van der Waals surface area contributed by atoms with Crippen molar-refractivity contribution in [2.75, 3.05) is 26.3 Å². The van der Waals surface area contributed by atoms with E-state index < -0.39 is 0 Å². The van der Waals surface area contributed by atoms with E-state index in [2.05, 4.69) is 18.7 Å². The molecular weight excluding hydrogens is 371 g/mol. The van der Waals surface area contributed by atoms with Gasteiger partial charge >= 0.3 is 0 Å². The molecule has 0 radical (unpaired) electrons. The van der Waals surface area contributed by atoms with Crippen molar-refractivity contribution in [1.29, 1.82) is 0 Å². The normalized spacial score (nSPS) is 19.8. The van der Waals surface area contributed by atoms with Gasteiger partial charge in [-0.15, -0.1) is 0 Å². The molecule has 0 aliphatic carbocycles. The molecule has 3 rings (SSSR count). The van der Waals surface area contributed by atoms with E-state index >= 15 is 0 Å². The molecule has 0 bridgehead atoms. The second kappa shape index (κ2) is 9.74. The van der Waals surface area contributed by atoms with Crippen molar-refractivity contribution in [3.8, 4) is 11.5 Å². The van der Waals surface area contributed by atoms with E-state index in [0.717, 1.165) is 24.4 Å². The lowest BCUT2D eigenvalue weighted by Crippen LogP contribution is -2.58. The van der Waals surface area contributed by atoms with Crippen molar-refractivity contribution in [1.82, 2.24) is 9.80 Å². The highest BCUT2D eigenvalue weighted by atomic mass is 19.1. The van der Waals surface area contributed by atoms with Gasteiger partial charge in [0.05, 0.1) is 6.61 Å². The number of rotatable bonds is 7. The van der Waals surface area contributed by atoms with E-state index in [1.165, 1.54) is 12.1 Å². The van der Waals surface area contributed by atoms with E-state index in [-0.39, 0.29) is 30.4 Å². The van der Waals surface area contributed by atoms with Crippen LogP contribution < -0.4 is 9.47 Å². The minimum absolute atomic E-state index is 0.0142. The number of halogens is 1. The summed E-state index contributed by atoms with van der Waals surface area (Å²) in [5.74, 6) is 1.20. The molecule has 1 fully saturated rings. The average molecular weight is 400 g/mol. The smallest absolute Gasteiger partial charge is 0.260 e. The number of piperazine rings is 1. The third-order valence-corrected chi connectivity index (χ3v) is 5.23. The number of hydrogen-bond donors (Lipinski definition) is 0. The van der Waals surface area contributed by atoms with E-state index in [1.807, 2.05) is 48.2 Å². The summed E-state index contributed by atoms with van der Waals surface area (Å²) in [7, 11) is 0. The van der Waals surface area contributed by atoms with Gasteiger partial charge in [0.25, 0.3) is 5.91 Å². The zero-order chi connectivity index (χ0) is 20.8. The summed E-state index contributed by atoms with van der Waals surface area (Å²) in [6.45, 7) is 8.90. The van der Waals surface area contributed by atoms with Crippen molar-refractivity contribution in [3.63, 3.8) is 0 Å². The van der Waals surface area contributed by atoms with Crippen LogP contribution in [0.25, 0.3) is 0 Å². The van der Waals surface area contributed by atoms with Crippen LogP contribution in [0.2, 0.25) is 0 Å². The summed E-state index contributed by atoms with van der Waals surface area (Å²) < 4.78 is 24.2. The standard InChI is InChI=1S/C23H29FN2O3/c1-4-28-21-9-11-22(12-10-21)29-16-23(27)26-14-17(2)25(13-18(26)3)15-19-5-7-20(24)8-6-19/h5-12,17-18H,4,13-16H2,1-3H3/t17-,18+/m1/s1.